The Balaban J connectivity index is 2.80. The summed E-state index contributed by atoms with van der Waals surface area (Å²) < 4.78 is 0. The SMILES string of the molecule is CCCC(C(=O)O)N(CC)C1CCCCC1CN. The minimum Gasteiger partial charge on any atom is -0.480 e. The third-order valence-electron chi connectivity index (χ3n) is 4.21. The van der Waals surface area contributed by atoms with Gasteiger partial charge in [0.25, 0.3) is 0 Å². The predicted octanol–water partition coefficient (Wildman–Crippen LogP) is 2.08. The molecule has 0 bridgehead atoms. The molecule has 1 aliphatic carbocycles. The molecule has 3 unspecified atom stereocenters. The van der Waals surface area contributed by atoms with Gasteiger partial charge in [-0.15, -0.1) is 0 Å². The van der Waals surface area contributed by atoms with Crippen molar-refractivity contribution >= 4 is 5.97 Å². The molecule has 0 aromatic rings. The number of hydrogen-bond donors (Lipinski definition) is 2. The van der Waals surface area contributed by atoms with E-state index in [1.165, 1.54) is 12.8 Å². The van der Waals surface area contributed by atoms with E-state index >= 15 is 0 Å². The highest BCUT2D eigenvalue weighted by atomic mass is 16.4. The smallest absolute Gasteiger partial charge is 0.320 e. The molecule has 0 heterocycles. The monoisotopic (exact) mass is 256 g/mol. The van der Waals surface area contributed by atoms with Gasteiger partial charge in [-0.3, -0.25) is 9.69 Å². The molecule has 1 saturated carbocycles. The van der Waals surface area contributed by atoms with Crippen molar-refractivity contribution in [2.45, 2.75) is 64.5 Å². The fraction of sp³-hybridized carbons (Fsp3) is 0.929. The normalized spacial score (nSPS) is 26.2. The van der Waals surface area contributed by atoms with Crippen molar-refractivity contribution in [3.05, 3.63) is 0 Å². The second-order valence-corrected chi connectivity index (χ2v) is 5.32. The van der Waals surface area contributed by atoms with E-state index in [2.05, 4.69) is 11.8 Å². The molecule has 0 aliphatic heterocycles. The van der Waals surface area contributed by atoms with E-state index in [-0.39, 0.29) is 6.04 Å². The number of likely N-dealkylation sites (N-methyl/N-ethyl adjacent to an activating group) is 1. The molecule has 4 nitrogen and oxygen atoms in total. The largest absolute Gasteiger partial charge is 0.480 e. The first-order valence-corrected chi connectivity index (χ1v) is 7.34. The van der Waals surface area contributed by atoms with Crippen LogP contribution in [0, 0.1) is 5.92 Å². The van der Waals surface area contributed by atoms with Gasteiger partial charge < -0.3 is 10.8 Å². The highest BCUT2D eigenvalue weighted by Crippen LogP contribution is 2.29. The molecule has 1 aliphatic rings. The molecule has 4 heteroatoms. The van der Waals surface area contributed by atoms with E-state index in [0.717, 1.165) is 32.2 Å². The van der Waals surface area contributed by atoms with Crippen LogP contribution in [-0.4, -0.2) is 41.1 Å². The van der Waals surface area contributed by atoms with Crippen LogP contribution in [0.2, 0.25) is 0 Å². The van der Waals surface area contributed by atoms with E-state index in [1.54, 1.807) is 0 Å². The summed E-state index contributed by atoms with van der Waals surface area (Å²) in [6.45, 7) is 5.59. The zero-order chi connectivity index (χ0) is 13.5. The third kappa shape index (κ3) is 3.69. The van der Waals surface area contributed by atoms with Gasteiger partial charge in [-0.1, -0.05) is 33.1 Å². The minimum absolute atomic E-state index is 0.336. The molecule has 0 amide bonds. The Morgan fingerprint density at radius 3 is 2.56 bits per heavy atom. The van der Waals surface area contributed by atoms with Crippen molar-refractivity contribution in [2.75, 3.05) is 13.1 Å². The Morgan fingerprint density at radius 1 is 1.39 bits per heavy atom. The minimum atomic E-state index is -0.681. The van der Waals surface area contributed by atoms with Gasteiger partial charge in [-0.05, 0) is 38.3 Å². The number of carbonyl (C=O) groups is 1. The molecule has 1 fully saturated rings. The van der Waals surface area contributed by atoms with Gasteiger partial charge in [0, 0.05) is 6.04 Å². The quantitative estimate of drug-likeness (QED) is 0.732. The number of carboxylic acids is 1. The van der Waals surface area contributed by atoms with Gasteiger partial charge in [0.15, 0.2) is 0 Å². The van der Waals surface area contributed by atoms with Gasteiger partial charge in [-0.25, -0.2) is 0 Å². The van der Waals surface area contributed by atoms with Crippen LogP contribution in [-0.2, 0) is 4.79 Å². The molecule has 3 N–H and O–H groups in total. The number of rotatable bonds is 7. The predicted molar refractivity (Wildman–Crippen MR) is 73.5 cm³/mol. The summed E-state index contributed by atoms with van der Waals surface area (Å²) in [6, 6.07) is 0.0264. The fourth-order valence-electron chi connectivity index (χ4n) is 3.29. The van der Waals surface area contributed by atoms with Crippen LogP contribution in [0.5, 0.6) is 0 Å². The van der Waals surface area contributed by atoms with Crippen molar-refractivity contribution in [1.82, 2.24) is 4.90 Å². The van der Waals surface area contributed by atoms with Crippen molar-refractivity contribution in [3.63, 3.8) is 0 Å². The Bertz CT molecular complexity index is 258. The molecule has 0 saturated heterocycles. The highest BCUT2D eigenvalue weighted by molar-refractivity contribution is 5.73. The maximum absolute atomic E-state index is 11.5. The first-order chi connectivity index (χ1) is 8.65. The second-order valence-electron chi connectivity index (χ2n) is 5.32. The topological polar surface area (TPSA) is 66.6 Å². The third-order valence-corrected chi connectivity index (χ3v) is 4.21. The molecule has 0 spiro atoms. The Kier molecular flexibility index (Phi) is 6.65. The zero-order valence-corrected chi connectivity index (χ0v) is 11.8. The molecule has 106 valence electrons. The molecule has 18 heavy (non-hydrogen) atoms. The van der Waals surface area contributed by atoms with Crippen LogP contribution in [0.4, 0.5) is 0 Å². The first kappa shape index (κ1) is 15.4. The lowest BCUT2D eigenvalue weighted by Crippen LogP contribution is -2.52. The van der Waals surface area contributed by atoms with Crippen molar-refractivity contribution < 1.29 is 9.90 Å². The van der Waals surface area contributed by atoms with E-state index < -0.39 is 5.97 Å². The van der Waals surface area contributed by atoms with E-state index in [9.17, 15) is 9.90 Å². The van der Waals surface area contributed by atoms with Crippen molar-refractivity contribution in [3.8, 4) is 0 Å². The van der Waals surface area contributed by atoms with Crippen molar-refractivity contribution in [2.24, 2.45) is 11.7 Å². The lowest BCUT2D eigenvalue weighted by atomic mass is 9.82. The molecule has 0 aromatic carbocycles. The fourth-order valence-corrected chi connectivity index (χ4v) is 3.29. The molecular formula is C14H28N2O2. The molecule has 3 atom stereocenters. The molecule has 0 aromatic heterocycles. The number of carboxylic acid groups (broad SMARTS) is 1. The summed E-state index contributed by atoms with van der Waals surface area (Å²) in [5.41, 5.74) is 5.86. The Morgan fingerprint density at radius 2 is 2.06 bits per heavy atom. The number of hydrogen-bond acceptors (Lipinski definition) is 3. The van der Waals surface area contributed by atoms with E-state index in [0.29, 0.717) is 18.5 Å². The summed E-state index contributed by atoms with van der Waals surface area (Å²) in [7, 11) is 0. The average molecular weight is 256 g/mol. The van der Waals surface area contributed by atoms with Gasteiger partial charge in [0.1, 0.15) is 6.04 Å². The second kappa shape index (κ2) is 7.74. The standard InChI is InChI=1S/C14H28N2O2/c1-3-7-13(14(17)18)16(4-2)12-9-6-5-8-11(12)10-15/h11-13H,3-10,15H2,1-2H3,(H,17,18). The number of nitrogens with zero attached hydrogens (tertiary/aromatic N) is 1. The van der Waals surface area contributed by atoms with Gasteiger partial charge in [-0.2, -0.15) is 0 Å². The molecular weight excluding hydrogens is 228 g/mol. The first-order valence-electron chi connectivity index (χ1n) is 7.34. The lowest BCUT2D eigenvalue weighted by Gasteiger charge is -2.42. The average Bonchev–Trinajstić information content (AvgIpc) is 2.39. The number of nitrogens with two attached hydrogens (primary N) is 1. The summed E-state index contributed by atoms with van der Waals surface area (Å²) in [6.07, 6.45) is 6.33. The van der Waals surface area contributed by atoms with Crippen LogP contribution in [0.3, 0.4) is 0 Å². The van der Waals surface area contributed by atoms with Crippen molar-refractivity contribution in [1.29, 1.82) is 0 Å². The van der Waals surface area contributed by atoms with Gasteiger partial charge in [0.2, 0.25) is 0 Å². The van der Waals surface area contributed by atoms with E-state index in [4.69, 9.17) is 5.73 Å². The Labute approximate surface area is 111 Å². The summed E-state index contributed by atoms with van der Waals surface area (Å²) in [5, 5.41) is 9.42. The van der Waals surface area contributed by atoms with Crippen LogP contribution in [0.25, 0.3) is 0 Å². The summed E-state index contributed by atoms with van der Waals surface area (Å²) in [5.74, 6) is -0.211. The molecule has 1 rings (SSSR count). The maximum atomic E-state index is 11.5. The van der Waals surface area contributed by atoms with Crippen LogP contribution in [0.1, 0.15) is 52.4 Å². The summed E-state index contributed by atoms with van der Waals surface area (Å²) in [4.78, 5) is 13.6. The van der Waals surface area contributed by atoms with Gasteiger partial charge >= 0.3 is 5.97 Å². The highest BCUT2D eigenvalue weighted by Gasteiger charge is 2.34. The zero-order valence-electron chi connectivity index (χ0n) is 11.8. The molecule has 0 radical (unpaired) electrons. The maximum Gasteiger partial charge on any atom is 0.320 e. The van der Waals surface area contributed by atoms with Gasteiger partial charge in [0.05, 0.1) is 0 Å². The number of aliphatic carboxylic acids is 1. The van der Waals surface area contributed by atoms with Crippen LogP contribution >= 0.6 is 0 Å². The van der Waals surface area contributed by atoms with Crippen LogP contribution < -0.4 is 5.73 Å². The summed E-state index contributed by atoms with van der Waals surface area (Å²) >= 11 is 0. The van der Waals surface area contributed by atoms with Crippen LogP contribution in [0.15, 0.2) is 0 Å². The lowest BCUT2D eigenvalue weighted by molar-refractivity contribution is -0.145. The Hall–Kier alpha value is -0.610. The van der Waals surface area contributed by atoms with E-state index in [1.807, 2.05) is 6.92 Å².